The number of likely N-dealkylation sites (tertiary alicyclic amines) is 1. The Labute approximate surface area is 193 Å². The summed E-state index contributed by atoms with van der Waals surface area (Å²) in [5.74, 6) is 2.53. The highest BCUT2D eigenvalue weighted by Crippen LogP contribution is 2.26. The Morgan fingerprint density at radius 3 is 2.24 bits per heavy atom. The predicted octanol–water partition coefficient (Wildman–Crippen LogP) is 1.73. The van der Waals surface area contributed by atoms with Crippen molar-refractivity contribution in [2.24, 2.45) is 22.2 Å². The lowest BCUT2D eigenvalue weighted by Gasteiger charge is -2.40. The molecule has 3 heterocycles. The largest absolute Gasteiger partial charge is 0.380 e. The van der Waals surface area contributed by atoms with Crippen molar-refractivity contribution in [3.05, 3.63) is 0 Å². The molecule has 7 nitrogen and oxygen atoms in total. The third-order valence-electron chi connectivity index (χ3n) is 6.10. The minimum absolute atomic E-state index is 0. The third-order valence-corrected chi connectivity index (χ3v) is 6.10. The van der Waals surface area contributed by atoms with E-state index in [1.807, 2.05) is 0 Å². The molecule has 0 aromatic heterocycles. The van der Waals surface area contributed by atoms with Crippen LogP contribution in [0.4, 0.5) is 0 Å². The number of piperidine rings is 1. The molecule has 0 aliphatic carbocycles. The van der Waals surface area contributed by atoms with Crippen molar-refractivity contribution >= 4 is 35.8 Å². The van der Waals surface area contributed by atoms with E-state index < -0.39 is 0 Å². The van der Waals surface area contributed by atoms with Crippen LogP contribution in [0.5, 0.6) is 0 Å². The molecule has 0 aromatic rings. The fourth-order valence-electron chi connectivity index (χ4n) is 4.51. The van der Waals surface area contributed by atoms with Gasteiger partial charge >= 0.3 is 0 Å². The average molecular weight is 521 g/mol. The molecular weight excluding hydrogens is 481 g/mol. The van der Waals surface area contributed by atoms with E-state index in [1.54, 1.807) is 0 Å². The summed E-state index contributed by atoms with van der Waals surface area (Å²) in [4.78, 5) is 24.3. The van der Waals surface area contributed by atoms with Crippen LogP contribution in [0.25, 0.3) is 0 Å². The first-order chi connectivity index (χ1) is 13.4. The second kappa shape index (κ2) is 11.1. The minimum atomic E-state index is 0. The van der Waals surface area contributed by atoms with Gasteiger partial charge in [-0.25, -0.2) is 0 Å². The molecule has 168 valence electrons. The third kappa shape index (κ3) is 6.95. The van der Waals surface area contributed by atoms with E-state index >= 15 is 0 Å². The molecular formula is C21H40IN5O2. The number of rotatable bonds is 5. The van der Waals surface area contributed by atoms with Crippen LogP contribution in [0.2, 0.25) is 0 Å². The first kappa shape index (κ1) is 24.7. The predicted molar refractivity (Wildman–Crippen MR) is 128 cm³/mol. The summed E-state index contributed by atoms with van der Waals surface area (Å²) >= 11 is 0. The molecule has 2 atom stereocenters. The summed E-state index contributed by atoms with van der Waals surface area (Å²) in [6.45, 7) is 18.2. The zero-order chi connectivity index (χ0) is 20.1. The highest BCUT2D eigenvalue weighted by atomic mass is 127. The summed E-state index contributed by atoms with van der Waals surface area (Å²) in [5.41, 5.74) is 0.192. The molecule has 3 rings (SSSR count). The Morgan fingerprint density at radius 1 is 1.10 bits per heavy atom. The van der Waals surface area contributed by atoms with Gasteiger partial charge < -0.3 is 19.9 Å². The molecule has 0 spiro atoms. The van der Waals surface area contributed by atoms with E-state index in [0.717, 1.165) is 71.5 Å². The number of aliphatic imine (C=N–C) groups is 1. The fourth-order valence-corrected chi connectivity index (χ4v) is 4.51. The monoisotopic (exact) mass is 521 g/mol. The highest BCUT2D eigenvalue weighted by Gasteiger charge is 2.33. The Kier molecular flexibility index (Phi) is 9.47. The maximum Gasteiger partial charge on any atom is 0.236 e. The fraction of sp³-hybridized carbons (Fsp3) is 0.905. The van der Waals surface area contributed by atoms with Gasteiger partial charge in [0.15, 0.2) is 5.96 Å². The van der Waals surface area contributed by atoms with Crippen molar-refractivity contribution in [1.82, 2.24) is 20.0 Å². The molecule has 0 aromatic carbocycles. The van der Waals surface area contributed by atoms with Gasteiger partial charge in [-0.2, -0.15) is 0 Å². The standard InChI is InChI=1S/C21H39N5O2.HI/c1-5-22-20(23-14-21(4)15-28-16-21)25-8-6-24(7-9-25)13-19(27)26-11-17(2)10-18(3)12-26;/h17-18H,5-16H2,1-4H3,(H,22,23);1H. The van der Waals surface area contributed by atoms with Crippen LogP contribution in [0.1, 0.15) is 34.1 Å². The van der Waals surface area contributed by atoms with Crippen LogP contribution in [0, 0.1) is 17.3 Å². The Morgan fingerprint density at radius 2 is 1.72 bits per heavy atom. The van der Waals surface area contributed by atoms with Crippen LogP contribution in [0.3, 0.4) is 0 Å². The van der Waals surface area contributed by atoms with Gasteiger partial charge in [0.1, 0.15) is 0 Å². The highest BCUT2D eigenvalue weighted by molar-refractivity contribution is 14.0. The van der Waals surface area contributed by atoms with Crippen molar-refractivity contribution < 1.29 is 9.53 Å². The normalized spacial score (nSPS) is 27.8. The number of piperazine rings is 1. The second-order valence-corrected chi connectivity index (χ2v) is 9.48. The van der Waals surface area contributed by atoms with Gasteiger partial charge in [0.25, 0.3) is 0 Å². The zero-order valence-electron chi connectivity index (χ0n) is 18.7. The number of carbonyl (C=O) groups excluding carboxylic acids is 1. The smallest absolute Gasteiger partial charge is 0.236 e. The number of hydrogen-bond donors (Lipinski definition) is 1. The van der Waals surface area contributed by atoms with E-state index in [1.165, 1.54) is 6.42 Å². The van der Waals surface area contributed by atoms with Gasteiger partial charge in [-0.1, -0.05) is 20.8 Å². The van der Waals surface area contributed by atoms with Crippen LogP contribution in [-0.2, 0) is 9.53 Å². The van der Waals surface area contributed by atoms with Crippen molar-refractivity contribution in [3.63, 3.8) is 0 Å². The van der Waals surface area contributed by atoms with Crippen LogP contribution < -0.4 is 5.32 Å². The first-order valence-corrected chi connectivity index (χ1v) is 11.0. The molecule has 3 fully saturated rings. The molecule has 1 amide bonds. The molecule has 3 aliphatic heterocycles. The van der Waals surface area contributed by atoms with Crippen molar-refractivity contribution in [3.8, 4) is 0 Å². The number of nitrogens with one attached hydrogen (secondary N) is 1. The number of hydrogen-bond acceptors (Lipinski definition) is 4. The summed E-state index contributed by atoms with van der Waals surface area (Å²) < 4.78 is 5.34. The van der Waals surface area contributed by atoms with Gasteiger partial charge in [-0.05, 0) is 25.2 Å². The van der Waals surface area contributed by atoms with Gasteiger partial charge in [0, 0.05) is 51.2 Å². The van der Waals surface area contributed by atoms with Crippen molar-refractivity contribution in [2.45, 2.75) is 34.1 Å². The minimum Gasteiger partial charge on any atom is -0.380 e. The molecule has 0 saturated carbocycles. The lowest BCUT2D eigenvalue weighted by Crippen LogP contribution is -2.55. The average Bonchev–Trinajstić information content (AvgIpc) is 2.63. The number of guanidine groups is 1. The van der Waals surface area contributed by atoms with Crippen molar-refractivity contribution in [2.75, 3.05) is 72.1 Å². The van der Waals surface area contributed by atoms with Crippen LogP contribution >= 0.6 is 24.0 Å². The maximum absolute atomic E-state index is 12.8. The van der Waals surface area contributed by atoms with E-state index in [-0.39, 0.29) is 29.4 Å². The molecule has 3 saturated heterocycles. The Hall–Kier alpha value is -0.610. The van der Waals surface area contributed by atoms with E-state index in [4.69, 9.17) is 9.73 Å². The summed E-state index contributed by atoms with van der Waals surface area (Å²) in [7, 11) is 0. The molecule has 0 bridgehead atoms. The van der Waals surface area contributed by atoms with Gasteiger partial charge in [0.05, 0.1) is 26.3 Å². The van der Waals surface area contributed by atoms with Gasteiger partial charge in [-0.15, -0.1) is 24.0 Å². The lowest BCUT2D eigenvalue weighted by molar-refractivity contribution is -0.135. The topological polar surface area (TPSA) is 60.4 Å². The lowest BCUT2D eigenvalue weighted by atomic mass is 9.89. The van der Waals surface area contributed by atoms with E-state index in [0.29, 0.717) is 24.3 Å². The molecule has 29 heavy (non-hydrogen) atoms. The van der Waals surface area contributed by atoms with Gasteiger partial charge in [-0.3, -0.25) is 14.7 Å². The summed E-state index contributed by atoms with van der Waals surface area (Å²) in [6, 6.07) is 0. The van der Waals surface area contributed by atoms with E-state index in [2.05, 4.69) is 47.7 Å². The quantitative estimate of drug-likeness (QED) is 0.340. The van der Waals surface area contributed by atoms with Gasteiger partial charge in [0.2, 0.25) is 5.91 Å². The number of ether oxygens (including phenoxy) is 1. The van der Waals surface area contributed by atoms with E-state index in [9.17, 15) is 4.79 Å². The molecule has 2 unspecified atom stereocenters. The zero-order valence-corrected chi connectivity index (χ0v) is 21.0. The maximum atomic E-state index is 12.8. The second-order valence-electron chi connectivity index (χ2n) is 9.48. The molecule has 1 N–H and O–H groups in total. The Balaban J connectivity index is 0.00000300. The molecule has 8 heteroatoms. The van der Waals surface area contributed by atoms with Crippen molar-refractivity contribution in [1.29, 1.82) is 0 Å². The van der Waals surface area contributed by atoms with Crippen LogP contribution in [-0.4, -0.2) is 98.7 Å². The number of carbonyl (C=O) groups is 1. The number of halogens is 1. The SMILES string of the molecule is CCNC(=NCC1(C)COC1)N1CCN(CC(=O)N2CC(C)CC(C)C2)CC1.I. The summed E-state index contributed by atoms with van der Waals surface area (Å²) in [5, 5.41) is 3.43. The molecule has 0 radical (unpaired) electrons. The molecule has 3 aliphatic rings. The Bertz CT molecular complexity index is 551. The number of amides is 1. The summed E-state index contributed by atoms with van der Waals surface area (Å²) in [6.07, 6.45) is 1.24. The van der Waals surface area contributed by atoms with Crippen LogP contribution in [0.15, 0.2) is 4.99 Å². The number of nitrogens with zero attached hydrogens (tertiary/aromatic N) is 4. The first-order valence-electron chi connectivity index (χ1n) is 11.0.